The molecule has 20 heavy (non-hydrogen) atoms. The van der Waals surface area contributed by atoms with Gasteiger partial charge in [0.1, 0.15) is 0 Å². The van der Waals surface area contributed by atoms with Crippen LogP contribution in [-0.4, -0.2) is 66.6 Å². The summed E-state index contributed by atoms with van der Waals surface area (Å²) in [6.45, 7) is 1.70. The fourth-order valence-corrected chi connectivity index (χ4v) is 2.96. The molecule has 0 aromatic heterocycles. The number of carbonyl (C=O) groups is 1. The number of nitrogens with zero attached hydrogens (tertiary/aromatic N) is 2. The number of likely N-dealkylation sites (N-methyl/N-ethyl adjacent to an activating group) is 1. The third-order valence-electron chi connectivity index (χ3n) is 3.60. The van der Waals surface area contributed by atoms with E-state index >= 15 is 0 Å². The van der Waals surface area contributed by atoms with Gasteiger partial charge in [0.05, 0.1) is 17.7 Å². The van der Waals surface area contributed by atoms with Gasteiger partial charge in [0.15, 0.2) is 5.78 Å². The molecule has 1 saturated heterocycles. The first kappa shape index (κ1) is 15.4. The lowest BCUT2D eigenvalue weighted by atomic mass is 10.1. The second-order valence-electron chi connectivity index (χ2n) is 5.64. The van der Waals surface area contributed by atoms with Crippen molar-refractivity contribution >= 4 is 17.4 Å². The Bertz CT molecular complexity index is 479. The van der Waals surface area contributed by atoms with E-state index in [2.05, 4.69) is 9.80 Å². The molecule has 2 rings (SSSR count). The highest BCUT2D eigenvalue weighted by Gasteiger charge is 2.32. The van der Waals surface area contributed by atoms with Gasteiger partial charge in [0, 0.05) is 24.7 Å². The molecule has 1 aliphatic heterocycles. The first-order valence-electron chi connectivity index (χ1n) is 6.82. The van der Waals surface area contributed by atoms with Crippen LogP contribution in [0.25, 0.3) is 0 Å². The molecule has 1 heterocycles. The quantitative estimate of drug-likeness (QED) is 0.837. The number of aliphatic hydroxyl groups is 1. The summed E-state index contributed by atoms with van der Waals surface area (Å²) in [6.07, 6.45) is 0.368. The van der Waals surface area contributed by atoms with Crippen LogP contribution in [0.1, 0.15) is 16.8 Å². The molecule has 0 bridgehead atoms. The summed E-state index contributed by atoms with van der Waals surface area (Å²) < 4.78 is 0. The van der Waals surface area contributed by atoms with Crippen LogP contribution >= 0.6 is 11.6 Å². The van der Waals surface area contributed by atoms with E-state index in [9.17, 15) is 9.90 Å². The van der Waals surface area contributed by atoms with Crippen molar-refractivity contribution in [2.24, 2.45) is 0 Å². The maximum absolute atomic E-state index is 12.3. The molecule has 5 heteroatoms. The Morgan fingerprint density at radius 1 is 1.45 bits per heavy atom. The van der Waals surface area contributed by atoms with Crippen molar-refractivity contribution in [3.05, 3.63) is 34.9 Å². The zero-order valence-electron chi connectivity index (χ0n) is 11.9. The van der Waals surface area contributed by atoms with E-state index in [1.807, 2.05) is 26.2 Å². The number of hydrogen-bond donors (Lipinski definition) is 1. The molecule has 1 aromatic carbocycles. The number of halogens is 1. The highest BCUT2D eigenvalue weighted by atomic mass is 35.5. The van der Waals surface area contributed by atoms with Crippen molar-refractivity contribution in [1.82, 2.24) is 9.80 Å². The molecule has 0 saturated carbocycles. The number of ketones is 1. The molecule has 1 aromatic rings. The van der Waals surface area contributed by atoms with E-state index in [0.717, 1.165) is 6.54 Å². The molecule has 0 radical (unpaired) electrons. The first-order valence-corrected chi connectivity index (χ1v) is 7.19. The largest absolute Gasteiger partial charge is 0.392 e. The standard InChI is InChI=1S/C15H21ClN2O2/c1-17(2)8-11-7-12(19)9-18(11)10-15(20)13-5-3-4-6-14(13)16/h3-6,11-12,19H,7-10H2,1-2H3. The van der Waals surface area contributed by atoms with E-state index in [1.165, 1.54) is 0 Å². The number of hydrogen-bond acceptors (Lipinski definition) is 4. The summed E-state index contributed by atoms with van der Waals surface area (Å²) in [7, 11) is 4.00. The van der Waals surface area contributed by atoms with Crippen molar-refractivity contribution in [3.63, 3.8) is 0 Å². The Morgan fingerprint density at radius 3 is 2.80 bits per heavy atom. The fraction of sp³-hybridized carbons (Fsp3) is 0.533. The van der Waals surface area contributed by atoms with Gasteiger partial charge < -0.3 is 10.0 Å². The molecule has 4 nitrogen and oxygen atoms in total. The van der Waals surface area contributed by atoms with Crippen molar-refractivity contribution in [2.45, 2.75) is 18.6 Å². The van der Waals surface area contributed by atoms with Gasteiger partial charge in [-0.25, -0.2) is 0 Å². The monoisotopic (exact) mass is 296 g/mol. The molecule has 110 valence electrons. The highest BCUT2D eigenvalue weighted by molar-refractivity contribution is 6.34. The average molecular weight is 297 g/mol. The third-order valence-corrected chi connectivity index (χ3v) is 3.93. The number of aliphatic hydroxyl groups excluding tert-OH is 1. The lowest BCUT2D eigenvalue weighted by molar-refractivity contribution is 0.0902. The predicted molar refractivity (Wildman–Crippen MR) is 80.3 cm³/mol. The van der Waals surface area contributed by atoms with Crippen molar-refractivity contribution in [3.8, 4) is 0 Å². The van der Waals surface area contributed by atoms with Crippen LogP contribution in [0.2, 0.25) is 5.02 Å². The maximum atomic E-state index is 12.3. The molecular formula is C15H21ClN2O2. The Labute approximate surface area is 124 Å². The number of likely N-dealkylation sites (tertiary alicyclic amines) is 1. The van der Waals surface area contributed by atoms with Crippen LogP contribution in [0.5, 0.6) is 0 Å². The second kappa shape index (κ2) is 6.68. The maximum Gasteiger partial charge on any atom is 0.178 e. The number of Topliss-reactive ketones (excluding diaryl/α,β-unsaturated/α-hetero) is 1. The van der Waals surface area contributed by atoms with Crippen LogP contribution in [-0.2, 0) is 0 Å². The fourth-order valence-electron chi connectivity index (χ4n) is 2.72. The molecule has 2 atom stereocenters. The second-order valence-corrected chi connectivity index (χ2v) is 6.05. The number of β-amino-alcohol motifs (C(OH)–C–C–N with tert-alkyl or cyclic N) is 1. The summed E-state index contributed by atoms with van der Waals surface area (Å²) in [6, 6.07) is 7.32. The molecule has 2 unspecified atom stereocenters. The number of carbonyl (C=O) groups excluding carboxylic acids is 1. The minimum absolute atomic E-state index is 0.00783. The van der Waals surface area contributed by atoms with Crippen molar-refractivity contribution in [1.29, 1.82) is 0 Å². The van der Waals surface area contributed by atoms with Gasteiger partial charge in [-0.1, -0.05) is 23.7 Å². The van der Waals surface area contributed by atoms with E-state index < -0.39 is 0 Å². The highest BCUT2D eigenvalue weighted by Crippen LogP contribution is 2.21. The van der Waals surface area contributed by atoms with Gasteiger partial charge in [-0.15, -0.1) is 0 Å². The van der Waals surface area contributed by atoms with E-state index in [1.54, 1.807) is 12.1 Å². The SMILES string of the molecule is CN(C)CC1CC(O)CN1CC(=O)c1ccccc1Cl. The minimum Gasteiger partial charge on any atom is -0.392 e. The topological polar surface area (TPSA) is 43.8 Å². The van der Waals surface area contributed by atoms with E-state index in [4.69, 9.17) is 11.6 Å². The van der Waals surface area contributed by atoms with E-state index in [-0.39, 0.29) is 17.9 Å². The number of rotatable bonds is 5. The van der Waals surface area contributed by atoms with Gasteiger partial charge in [0.25, 0.3) is 0 Å². The van der Waals surface area contributed by atoms with Crippen LogP contribution in [0.15, 0.2) is 24.3 Å². The van der Waals surface area contributed by atoms with Gasteiger partial charge in [0.2, 0.25) is 0 Å². The molecule has 1 N–H and O–H groups in total. The van der Waals surface area contributed by atoms with Crippen LogP contribution in [0.4, 0.5) is 0 Å². The molecule has 0 aliphatic carbocycles. The van der Waals surface area contributed by atoms with Gasteiger partial charge >= 0.3 is 0 Å². The summed E-state index contributed by atoms with van der Waals surface area (Å²) in [5.74, 6) is 0.00783. The Balaban J connectivity index is 2.04. The van der Waals surface area contributed by atoms with Crippen LogP contribution in [0, 0.1) is 0 Å². The summed E-state index contributed by atoms with van der Waals surface area (Å²) in [5, 5.41) is 10.3. The summed E-state index contributed by atoms with van der Waals surface area (Å²) in [4.78, 5) is 16.5. The van der Waals surface area contributed by atoms with E-state index in [0.29, 0.717) is 30.1 Å². The zero-order valence-corrected chi connectivity index (χ0v) is 12.7. The van der Waals surface area contributed by atoms with Gasteiger partial charge in [-0.3, -0.25) is 9.69 Å². The molecule has 1 aliphatic rings. The zero-order chi connectivity index (χ0) is 14.7. The van der Waals surface area contributed by atoms with Crippen molar-refractivity contribution < 1.29 is 9.90 Å². The van der Waals surface area contributed by atoms with Crippen LogP contribution in [0.3, 0.4) is 0 Å². The molecular weight excluding hydrogens is 276 g/mol. The normalized spacial score (nSPS) is 23.4. The van der Waals surface area contributed by atoms with Crippen molar-refractivity contribution in [2.75, 3.05) is 33.7 Å². The number of benzene rings is 1. The minimum atomic E-state index is -0.348. The Hall–Kier alpha value is -0.940. The smallest absolute Gasteiger partial charge is 0.178 e. The molecule has 0 spiro atoms. The van der Waals surface area contributed by atoms with Gasteiger partial charge in [-0.05, 0) is 32.6 Å². The predicted octanol–water partition coefficient (Wildman–Crippen LogP) is 1.52. The summed E-state index contributed by atoms with van der Waals surface area (Å²) in [5.41, 5.74) is 0.555. The summed E-state index contributed by atoms with van der Waals surface area (Å²) >= 11 is 6.06. The Kier molecular flexibility index (Phi) is 5.16. The first-order chi connectivity index (χ1) is 9.47. The average Bonchev–Trinajstić information content (AvgIpc) is 2.68. The Morgan fingerprint density at radius 2 is 2.15 bits per heavy atom. The van der Waals surface area contributed by atoms with Gasteiger partial charge in [-0.2, -0.15) is 0 Å². The third kappa shape index (κ3) is 3.79. The lowest BCUT2D eigenvalue weighted by Crippen LogP contribution is -2.40. The van der Waals surface area contributed by atoms with Crippen LogP contribution < -0.4 is 0 Å². The lowest BCUT2D eigenvalue weighted by Gasteiger charge is -2.26. The molecule has 0 amide bonds. The molecule has 1 fully saturated rings.